The predicted octanol–water partition coefficient (Wildman–Crippen LogP) is 3.46. The summed E-state index contributed by atoms with van der Waals surface area (Å²) in [5, 5.41) is 12.7. The van der Waals surface area contributed by atoms with Crippen LogP contribution in [0.25, 0.3) is 0 Å². The topological polar surface area (TPSA) is 116 Å². The zero-order chi connectivity index (χ0) is 20.7. The molecule has 2 rings (SSSR count). The molecule has 9 heteroatoms. The lowest BCUT2D eigenvalue weighted by molar-refractivity contribution is -0.384. The highest BCUT2D eigenvalue weighted by atomic mass is 32.2. The summed E-state index contributed by atoms with van der Waals surface area (Å²) in [5.41, 5.74) is 0.890. The summed E-state index contributed by atoms with van der Waals surface area (Å²) in [6.45, 7) is 2.61. The first-order valence-corrected chi connectivity index (χ1v) is 9.13. The number of nitro benzene ring substituents is 1. The van der Waals surface area contributed by atoms with Crippen LogP contribution in [0.4, 0.5) is 11.4 Å². The number of non-ortho nitro benzene ring substituents is 1. The maximum atomic E-state index is 12.1. The minimum atomic E-state index is -0.587. The Hall–Kier alpha value is -3.20. The number of esters is 1. The van der Waals surface area contributed by atoms with E-state index in [4.69, 9.17) is 4.74 Å². The van der Waals surface area contributed by atoms with Gasteiger partial charge in [0.05, 0.1) is 4.92 Å². The molecule has 146 valence electrons. The largest absolute Gasteiger partial charge is 0.456 e. The molecular formula is C19H18N2O6S. The number of hydrogen-bond acceptors (Lipinski definition) is 7. The molecule has 0 bridgehead atoms. The lowest BCUT2D eigenvalue weighted by Gasteiger charge is -2.11. The van der Waals surface area contributed by atoms with Crippen LogP contribution in [0, 0.1) is 10.1 Å². The number of ketones is 1. The fourth-order valence-corrected chi connectivity index (χ4v) is 3.04. The molecule has 1 amide bonds. The number of anilines is 1. The average Bonchev–Trinajstić information content (AvgIpc) is 2.66. The van der Waals surface area contributed by atoms with Crippen molar-refractivity contribution in [1.82, 2.24) is 0 Å². The number of thioether (sulfide) groups is 1. The summed E-state index contributed by atoms with van der Waals surface area (Å²) < 4.78 is 5.06. The number of amides is 1. The van der Waals surface area contributed by atoms with Crippen LogP contribution >= 0.6 is 11.8 Å². The van der Waals surface area contributed by atoms with Crippen molar-refractivity contribution in [3.05, 3.63) is 64.2 Å². The van der Waals surface area contributed by atoms with Crippen LogP contribution in [-0.2, 0) is 14.3 Å². The summed E-state index contributed by atoms with van der Waals surface area (Å²) in [6, 6.07) is 12.1. The van der Waals surface area contributed by atoms with E-state index in [2.05, 4.69) is 5.32 Å². The van der Waals surface area contributed by atoms with Gasteiger partial charge >= 0.3 is 5.97 Å². The normalized spacial score (nSPS) is 11.4. The van der Waals surface area contributed by atoms with E-state index in [1.54, 1.807) is 31.2 Å². The van der Waals surface area contributed by atoms with Gasteiger partial charge < -0.3 is 10.1 Å². The number of hydrogen-bond donors (Lipinski definition) is 1. The molecule has 0 spiro atoms. The highest BCUT2D eigenvalue weighted by Gasteiger charge is 2.18. The number of nitrogens with zero attached hydrogens (tertiary/aromatic N) is 1. The van der Waals surface area contributed by atoms with Gasteiger partial charge in [-0.2, -0.15) is 0 Å². The van der Waals surface area contributed by atoms with Gasteiger partial charge in [0.25, 0.3) is 5.69 Å². The van der Waals surface area contributed by atoms with Crippen molar-refractivity contribution < 1.29 is 24.0 Å². The van der Waals surface area contributed by atoms with Crippen LogP contribution in [0.5, 0.6) is 0 Å². The van der Waals surface area contributed by atoms with Gasteiger partial charge in [-0.15, -0.1) is 11.8 Å². The van der Waals surface area contributed by atoms with Crippen LogP contribution in [0.3, 0.4) is 0 Å². The van der Waals surface area contributed by atoms with Crippen molar-refractivity contribution in [1.29, 1.82) is 0 Å². The molecule has 1 N–H and O–H groups in total. The zero-order valence-electron chi connectivity index (χ0n) is 15.2. The van der Waals surface area contributed by atoms with E-state index >= 15 is 0 Å². The number of carbonyl (C=O) groups excluding carboxylic acids is 3. The first-order chi connectivity index (χ1) is 13.3. The van der Waals surface area contributed by atoms with Gasteiger partial charge in [0.2, 0.25) is 5.91 Å². The average molecular weight is 402 g/mol. The van der Waals surface area contributed by atoms with Crippen molar-refractivity contribution in [2.24, 2.45) is 0 Å². The van der Waals surface area contributed by atoms with E-state index in [9.17, 15) is 24.5 Å². The molecule has 1 atom stereocenters. The SMILES string of the molecule is CC(=O)Nc1ccc(C(=O)COC(=O)[C@@H](C)Sc2ccc([N+](=O)[O-])cc2)cc1. The first-order valence-electron chi connectivity index (χ1n) is 8.25. The molecule has 0 aliphatic heterocycles. The first kappa shape index (κ1) is 21.1. The third kappa shape index (κ3) is 6.20. The molecule has 2 aromatic carbocycles. The Kier molecular flexibility index (Phi) is 7.28. The molecule has 0 heterocycles. The Morgan fingerprint density at radius 3 is 2.25 bits per heavy atom. The Balaban J connectivity index is 1.85. The number of nitro groups is 1. The van der Waals surface area contributed by atoms with E-state index < -0.39 is 22.7 Å². The van der Waals surface area contributed by atoms with Gasteiger partial charge in [-0.05, 0) is 43.3 Å². The molecule has 0 unspecified atom stereocenters. The second-order valence-electron chi connectivity index (χ2n) is 5.80. The van der Waals surface area contributed by atoms with Gasteiger partial charge in [0, 0.05) is 35.2 Å². The van der Waals surface area contributed by atoms with Crippen LogP contribution in [0.2, 0.25) is 0 Å². The van der Waals surface area contributed by atoms with Crippen LogP contribution in [0.15, 0.2) is 53.4 Å². The Morgan fingerprint density at radius 2 is 1.71 bits per heavy atom. The highest BCUT2D eigenvalue weighted by Crippen LogP contribution is 2.26. The summed E-state index contributed by atoms with van der Waals surface area (Å²) in [5.74, 6) is -1.14. The van der Waals surface area contributed by atoms with E-state index in [0.717, 1.165) is 0 Å². The molecule has 8 nitrogen and oxygen atoms in total. The summed E-state index contributed by atoms with van der Waals surface area (Å²) >= 11 is 1.18. The summed E-state index contributed by atoms with van der Waals surface area (Å²) in [7, 11) is 0. The van der Waals surface area contributed by atoms with Crippen molar-refractivity contribution >= 4 is 40.8 Å². The van der Waals surface area contributed by atoms with Gasteiger partial charge in [0.15, 0.2) is 12.4 Å². The predicted molar refractivity (Wildman–Crippen MR) is 104 cm³/mol. The van der Waals surface area contributed by atoms with Crippen molar-refractivity contribution in [2.75, 3.05) is 11.9 Å². The zero-order valence-corrected chi connectivity index (χ0v) is 16.0. The smallest absolute Gasteiger partial charge is 0.319 e. The minimum absolute atomic E-state index is 0.0327. The van der Waals surface area contributed by atoms with E-state index in [1.165, 1.54) is 43.0 Å². The third-order valence-electron chi connectivity index (χ3n) is 3.57. The van der Waals surface area contributed by atoms with Gasteiger partial charge in [0.1, 0.15) is 5.25 Å². The van der Waals surface area contributed by atoms with Crippen molar-refractivity contribution in [2.45, 2.75) is 24.0 Å². The monoisotopic (exact) mass is 402 g/mol. The second-order valence-corrected chi connectivity index (χ2v) is 7.21. The lowest BCUT2D eigenvalue weighted by atomic mass is 10.1. The quantitative estimate of drug-likeness (QED) is 0.236. The van der Waals surface area contributed by atoms with Gasteiger partial charge in [-0.25, -0.2) is 0 Å². The number of benzene rings is 2. The minimum Gasteiger partial charge on any atom is -0.456 e. The molecule has 2 aromatic rings. The van der Waals surface area contributed by atoms with Crippen LogP contribution in [-0.4, -0.2) is 34.4 Å². The molecule has 0 radical (unpaired) electrons. The highest BCUT2D eigenvalue weighted by molar-refractivity contribution is 8.00. The molecule has 0 fully saturated rings. The number of carbonyl (C=O) groups is 3. The standard InChI is InChI=1S/C19H18N2O6S/c1-12(28-17-9-7-16(8-10-17)21(25)26)19(24)27-11-18(23)14-3-5-15(6-4-14)20-13(2)22/h3-10,12H,11H2,1-2H3,(H,20,22)/t12-/m1/s1. The van der Waals surface area contributed by atoms with E-state index in [0.29, 0.717) is 16.1 Å². The lowest BCUT2D eigenvalue weighted by Crippen LogP contribution is -2.21. The summed E-state index contributed by atoms with van der Waals surface area (Å²) in [4.78, 5) is 46.0. The molecular weight excluding hydrogens is 384 g/mol. The molecule has 28 heavy (non-hydrogen) atoms. The summed E-state index contributed by atoms with van der Waals surface area (Å²) in [6.07, 6.45) is 0. The van der Waals surface area contributed by atoms with Crippen LogP contribution in [0.1, 0.15) is 24.2 Å². The molecule has 0 aromatic heterocycles. The van der Waals surface area contributed by atoms with Crippen molar-refractivity contribution in [3.8, 4) is 0 Å². The van der Waals surface area contributed by atoms with E-state index in [1.807, 2.05) is 0 Å². The van der Waals surface area contributed by atoms with Crippen molar-refractivity contribution in [3.63, 3.8) is 0 Å². The maximum Gasteiger partial charge on any atom is 0.319 e. The van der Waals surface area contributed by atoms with Gasteiger partial charge in [-0.3, -0.25) is 24.5 Å². The van der Waals surface area contributed by atoms with Crippen LogP contribution < -0.4 is 5.32 Å². The fourth-order valence-electron chi connectivity index (χ4n) is 2.18. The number of Topliss-reactive ketones (excluding diaryl/α,β-unsaturated/α-hetero) is 1. The maximum absolute atomic E-state index is 12.1. The fraction of sp³-hybridized carbons (Fsp3) is 0.211. The third-order valence-corrected chi connectivity index (χ3v) is 4.66. The molecule has 0 aliphatic carbocycles. The Labute approximate surface area is 165 Å². The van der Waals surface area contributed by atoms with E-state index in [-0.39, 0.29) is 17.4 Å². The molecule has 0 aliphatic rings. The number of ether oxygens (including phenoxy) is 1. The number of rotatable bonds is 8. The Morgan fingerprint density at radius 1 is 1.11 bits per heavy atom. The number of nitrogens with one attached hydrogen (secondary N) is 1. The van der Waals surface area contributed by atoms with Gasteiger partial charge in [-0.1, -0.05) is 0 Å². The molecule has 0 saturated heterocycles. The second kappa shape index (κ2) is 9.65. The molecule has 0 saturated carbocycles. The Bertz CT molecular complexity index is 880.